The molecule has 0 spiro atoms. The van der Waals surface area contributed by atoms with E-state index in [1.807, 2.05) is 25.7 Å². The maximum absolute atomic E-state index is 9.04. The standard InChI is InChI=1S/C11H19N5O2/c1-4-16(5-6-17)11-9(10(12)15-18)7(2)8(3)13-14-11/h17-18H,4-6H2,1-3H3,(H2,12,15). The highest BCUT2D eigenvalue weighted by atomic mass is 16.4. The number of nitrogens with two attached hydrogens (primary N) is 1. The van der Waals surface area contributed by atoms with Gasteiger partial charge in [0.05, 0.1) is 17.9 Å². The van der Waals surface area contributed by atoms with E-state index in [2.05, 4.69) is 15.4 Å². The van der Waals surface area contributed by atoms with Gasteiger partial charge in [-0.3, -0.25) is 0 Å². The summed E-state index contributed by atoms with van der Waals surface area (Å²) in [4.78, 5) is 1.83. The van der Waals surface area contributed by atoms with E-state index >= 15 is 0 Å². The number of hydrogen-bond donors (Lipinski definition) is 3. The molecule has 1 aromatic heterocycles. The normalized spacial score (nSPS) is 11.7. The number of aryl methyl sites for hydroxylation is 1. The van der Waals surface area contributed by atoms with E-state index in [0.717, 1.165) is 11.3 Å². The van der Waals surface area contributed by atoms with E-state index in [0.29, 0.717) is 24.5 Å². The lowest BCUT2D eigenvalue weighted by atomic mass is 10.1. The maximum Gasteiger partial charge on any atom is 0.174 e. The lowest BCUT2D eigenvalue weighted by Crippen LogP contribution is -2.31. The number of aliphatic hydroxyl groups is 1. The van der Waals surface area contributed by atoms with Gasteiger partial charge in [-0.2, -0.15) is 5.10 Å². The van der Waals surface area contributed by atoms with Crippen molar-refractivity contribution in [2.45, 2.75) is 20.8 Å². The molecule has 0 aliphatic carbocycles. The summed E-state index contributed by atoms with van der Waals surface area (Å²) in [5, 5.41) is 29.1. The molecule has 4 N–H and O–H groups in total. The van der Waals surface area contributed by atoms with Crippen LogP contribution in [0.5, 0.6) is 0 Å². The summed E-state index contributed by atoms with van der Waals surface area (Å²) >= 11 is 0. The molecule has 0 atom stereocenters. The van der Waals surface area contributed by atoms with Crippen LogP contribution in [0.2, 0.25) is 0 Å². The van der Waals surface area contributed by atoms with Gasteiger partial charge >= 0.3 is 0 Å². The van der Waals surface area contributed by atoms with Crippen molar-refractivity contribution in [2.75, 3.05) is 24.6 Å². The third-order valence-electron chi connectivity index (χ3n) is 2.85. The molecule has 1 aromatic rings. The van der Waals surface area contributed by atoms with E-state index in [9.17, 15) is 0 Å². The zero-order valence-electron chi connectivity index (χ0n) is 10.9. The highest BCUT2D eigenvalue weighted by molar-refractivity contribution is 6.02. The Morgan fingerprint density at radius 3 is 2.56 bits per heavy atom. The summed E-state index contributed by atoms with van der Waals surface area (Å²) in [5.41, 5.74) is 7.79. The second-order valence-corrected chi connectivity index (χ2v) is 3.90. The molecule has 0 aliphatic rings. The van der Waals surface area contributed by atoms with Gasteiger partial charge in [0.25, 0.3) is 0 Å². The van der Waals surface area contributed by atoms with Crippen LogP contribution in [0.4, 0.5) is 5.82 Å². The minimum atomic E-state index is -0.00288. The molecule has 1 rings (SSSR count). The Bertz CT molecular complexity index is 447. The van der Waals surface area contributed by atoms with E-state index in [-0.39, 0.29) is 12.4 Å². The van der Waals surface area contributed by atoms with E-state index < -0.39 is 0 Å². The Morgan fingerprint density at radius 2 is 2.06 bits per heavy atom. The molecule has 100 valence electrons. The van der Waals surface area contributed by atoms with Crippen molar-refractivity contribution < 1.29 is 10.3 Å². The van der Waals surface area contributed by atoms with Crippen LogP contribution in [-0.4, -0.2) is 46.0 Å². The molecular weight excluding hydrogens is 234 g/mol. The van der Waals surface area contributed by atoms with Gasteiger partial charge in [-0.25, -0.2) is 0 Å². The molecule has 0 fully saturated rings. The number of amidine groups is 1. The first kappa shape index (κ1) is 14.2. The Hall–Kier alpha value is -1.89. The summed E-state index contributed by atoms with van der Waals surface area (Å²) in [7, 11) is 0. The smallest absolute Gasteiger partial charge is 0.174 e. The van der Waals surface area contributed by atoms with Crippen molar-refractivity contribution in [1.82, 2.24) is 10.2 Å². The van der Waals surface area contributed by atoms with Crippen molar-refractivity contribution >= 4 is 11.7 Å². The molecule has 0 unspecified atom stereocenters. The summed E-state index contributed by atoms with van der Waals surface area (Å²) in [5.74, 6) is 0.516. The Labute approximate surface area is 106 Å². The molecule has 0 aliphatic heterocycles. The second-order valence-electron chi connectivity index (χ2n) is 3.90. The minimum absolute atomic E-state index is 0.00193. The van der Waals surface area contributed by atoms with Crippen molar-refractivity contribution in [3.8, 4) is 0 Å². The van der Waals surface area contributed by atoms with Gasteiger partial charge in [0.15, 0.2) is 11.7 Å². The number of hydrogen-bond acceptors (Lipinski definition) is 6. The number of oxime groups is 1. The first-order valence-electron chi connectivity index (χ1n) is 5.74. The SMILES string of the molecule is CCN(CCO)c1nnc(C)c(C)c1/C(N)=N/O. The number of aliphatic hydroxyl groups excluding tert-OH is 1. The highest BCUT2D eigenvalue weighted by Gasteiger charge is 2.19. The van der Waals surface area contributed by atoms with Gasteiger partial charge in [-0.15, -0.1) is 5.10 Å². The number of likely N-dealkylation sites (N-methyl/N-ethyl adjacent to an activating group) is 1. The number of nitrogens with zero attached hydrogens (tertiary/aromatic N) is 4. The molecule has 18 heavy (non-hydrogen) atoms. The lowest BCUT2D eigenvalue weighted by molar-refractivity contribution is 0.302. The van der Waals surface area contributed by atoms with Crippen LogP contribution in [0.3, 0.4) is 0 Å². The van der Waals surface area contributed by atoms with Crippen molar-refractivity contribution in [2.24, 2.45) is 10.9 Å². The predicted octanol–water partition coefficient (Wildman–Crippen LogP) is 0.00654. The maximum atomic E-state index is 9.04. The third kappa shape index (κ3) is 2.67. The number of rotatable bonds is 5. The van der Waals surface area contributed by atoms with Crippen LogP contribution in [0.1, 0.15) is 23.7 Å². The minimum Gasteiger partial charge on any atom is -0.409 e. The summed E-state index contributed by atoms with van der Waals surface area (Å²) in [6.45, 7) is 6.64. The van der Waals surface area contributed by atoms with Crippen molar-refractivity contribution in [3.63, 3.8) is 0 Å². The first-order valence-corrected chi connectivity index (χ1v) is 5.74. The average Bonchev–Trinajstić information content (AvgIpc) is 2.38. The van der Waals surface area contributed by atoms with Gasteiger partial charge in [0.1, 0.15) is 0 Å². The molecule has 7 heteroatoms. The molecule has 0 radical (unpaired) electrons. The topological polar surface area (TPSA) is 108 Å². The van der Waals surface area contributed by atoms with Crippen LogP contribution in [0.15, 0.2) is 5.16 Å². The van der Waals surface area contributed by atoms with Crippen LogP contribution < -0.4 is 10.6 Å². The summed E-state index contributed by atoms with van der Waals surface area (Å²) in [6.07, 6.45) is 0. The van der Waals surface area contributed by atoms with Crippen LogP contribution in [-0.2, 0) is 0 Å². The largest absolute Gasteiger partial charge is 0.409 e. The van der Waals surface area contributed by atoms with E-state index in [1.165, 1.54) is 0 Å². The summed E-state index contributed by atoms with van der Waals surface area (Å²) < 4.78 is 0. The average molecular weight is 253 g/mol. The van der Waals surface area contributed by atoms with Crippen molar-refractivity contribution in [3.05, 3.63) is 16.8 Å². The van der Waals surface area contributed by atoms with Crippen LogP contribution in [0, 0.1) is 13.8 Å². The van der Waals surface area contributed by atoms with Gasteiger partial charge in [0, 0.05) is 13.1 Å². The van der Waals surface area contributed by atoms with Gasteiger partial charge in [-0.1, -0.05) is 5.16 Å². The Morgan fingerprint density at radius 1 is 1.39 bits per heavy atom. The molecule has 0 saturated carbocycles. The van der Waals surface area contributed by atoms with Crippen LogP contribution in [0.25, 0.3) is 0 Å². The molecule has 0 amide bonds. The molecular formula is C11H19N5O2. The predicted molar refractivity (Wildman–Crippen MR) is 69.0 cm³/mol. The quantitative estimate of drug-likeness (QED) is 0.295. The monoisotopic (exact) mass is 253 g/mol. The number of aromatic nitrogens is 2. The zero-order chi connectivity index (χ0) is 13.7. The first-order chi connectivity index (χ1) is 8.56. The van der Waals surface area contributed by atoms with E-state index in [1.54, 1.807) is 0 Å². The molecule has 0 bridgehead atoms. The van der Waals surface area contributed by atoms with Gasteiger partial charge in [0.2, 0.25) is 0 Å². The molecule has 0 aromatic carbocycles. The fourth-order valence-corrected chi connectivity index (χ4v) is 1.71. The van der Waals surface area contributed by atoms with Crippen molar-refractivity contribution in [1.29, 1.82) is 0 Å². The van der Waals surface area contributed by atoms with Crippen LogP contribution >= 0.6 is 0 Å². The van der Waals surface area contributed by atoms with E-state index in [4.69, 9.17) is 16.0 Å². The second kappa shape index (κ2) is 6.15. The summed E-state index contributed by atoms with van der Waals surface area (Å²) in [6, 6.07) is 0. The molecule has 0 saturated heterocycles. The highest BCUT2D eigenvalue weighted by Crippen LogP contribution is 2.21. The Balaban J connectivity index is 3.38. The van der Waals surface area contributed by atoms with Gasteiger partial charge in [-0.05, 0) is 26.3 Å². The lowest BCUT2D eigenvalue weighted by Gasteiger charge is -2.23. The zero-order valence-corrected chi connectivity index (χ0v) is 10.9. The Kier molecular flexibility index (Phi) is 4.85. The fourth-order valence-electron chi connectivity index (χ4n) is 1.71. The third-order valence-corrected chi connectivity index (χ3v) is 2.85. The molecule has 1 heterocycles. The molecule has 7 nitrogen and oxygen atoms in total. The van der Waals surface area contributed by atoms with Gasteiger partial charge < -0.3 is 20.9 Å². The number of anilines is 1. The fraction of sp³-hybridized carbons (Fsp3) is 0.545.